The molecule has 1 unspecified atom stereocenters. The monoisotopic (exact) mass is 428 g/mol. The maximum atomic E-state index is 12.6. The minimum absolute atomic E-state index is 0.0855. The Balaban J connectivity index is 1.24. The summed E-state index contributed by atoms with van der Waals surface area (Å²) in [6.45, 7) is -1.53. The van der Waals surface area contributed by atoms with Crippen LogP contribution in [0.15, 0.2) is 0 Å². The number of alkyl halides is 3. The summed E-state index contributed by atoms with van der Waals surface area (Å²) in [5.74, 6) is 0.411. The van der Waals surface area contributed by atoms with Crippen molar-refractivity contribution in [1.82, 2.24) is 15.1 Å². The first-order chi connectivity index (χ1) is 13.7. The van der Waals surface area contributed by atoms with E-state index in [0.29, 0.717) is 10.0 Å². The van der Waals surface area contributed by atoms with Crippen molar-refractivity contribution in [2.24, 2.45) is 23.7 Å². The first-order valence-corrected chi connectivity index (χ1v) is 11.0. The molecule has 158 valence electrons. The summed E-state index contributed by atoms with van der Waals surface area (Å²) in [5, 5.41) is 12.6. The van der Waals surface area contributed by atoms with Gasteiger partial charge in [-0.1, -0.05) is 11.3 Å². The number of anilines is 1. The molecule has 5 aliphatic rings. The molecule has 1 saturated heterocycles. The standard InChI is InChI=1S/C19H23F3N4O2S/c20-19(21,22)9-26-8-13(4-14(26)27)15(28)23-17-25-24-16(29-17)18-5-10-1-11(6-18)3-12(2-10)7-18/h10-13H,1-9H2,(H,23,25,28). The van der Waals surface area contributed by atoms with Crippen LogP contribution in [0.3, 0.4) is 0 Å². The summed E-state index contributed by atoms with van der Waals surface area (Å²) >= 11 is 1.39. The molecule has 0 radical (unpaired) electrons. The number of likely N-dealkylation sites (tertiary alicyclic amines) is 1. The van der Waals surface area contributed by atoms with Crippen molar-refractivity contribution in [3.05, 3.63) is 5.01 Å². The molecule has 0 spiro atoms. The lowest BCUT2D eigenvalue weighted by Crippen LogP contribution is -2.48. The van der Waals surface area contributed by atoms with E-state index in [-0.39, 0.29) is 18.4 Å². The second-order valence-corrected chi connectivity index (χ2v) is 10.4. The molecule has 4 aliphatic carbocycles. The SMILES string of the molecule is O=C(Nc1nnc(C23CC4CC(CC(C4)C2)C3)s1)C1CC(=O)N(CC(F)(F)F)C1. The molecular weight excluding hydrogens is 405 g/mol. The Morgan fingerprint density at radius 2 is 1.76 bits per heavy atom. The van der Waals surface area contributed by atoms with Crippen LogP contribution >= 0.6 is 11.3 Å². The molecule has 1 atom stereocenters. The third-order valence-electron chi connectivity index (χ3n) is 7.10. The Bertz CT molecular complexity index is 804. The van der Waals surface area contributed by atoms with Crippen LogP contribution in [0.4, 0.5) is 18.3 Å². The molecule has 4 saturated carbocycles. The van der Waals surface area contributed by atoms with Crippen molar-refractivity contribution >= 4 is 28.3 Å². The number of aromatic nitrogens is 2. The minimum Gasteiger partial charge on any atom is -0.333 e. The Hall–Kier alpha value is -1.71. The zero-order valence-electron chi connectivity index (χ0n) is 15.9. The lowest BCUT2D eigenvalue weighted by Gasteiger charge is -2.55. The largest absolute Gasteiger partial charge is 0.406 e. The molecule has 2 amide bonds. The van der Waals surface area contributed by atoms with Crippen molar-refractivity contribution in [1.29, 1.82) is 0 Å². The van der Waals surface area contributed by atoms with Gasteiger partial charge in [0.1, 0.15) is 11.6 Å². The van der Waals surface area contributed by atoms with Gasteiger partial charge in [-0.3, -0.25) is 9.59 Å². The second kappa shape index (κ2) is 6.65. The van der Waals surface area contributed by atoms with Crippen LogP contribution in [0.25, 0.3) is 0 Å². The first kappa shape index (κ1) is 19.3. The summed E-state index contributed by atoms with van der Waals surface area (Å²) < 4.78 is 37.7. The highest BCUT2D eigenvalue weighted by Crippen LogP contribution is 2.61. The lowest BCUT2D eigenvalue weighted by molar-refractivity contribution is -0.157. The van der Waals surface area contributed by atoms with E-state index in [9.17, 15) is 22.8 Å². The Labute approximate surface area is 170 Å². The van der Waals surface area contributed by atoms with E-state index in [1.807, 2.05) is 0 Å². The number of nitrogens with zero attached hydrogens (tertiary/aromatic N) is 3. The maximum absolute atomic E-state index is 12.6. The molecule has 0 aromatic carbocycles. The molecule has 1 aliphatic heterocycles. The molecule has 6 rings (SSSR count). The van der Waals surface area contributed by atoms with Gasteiger partial charge in [0, 0.05) is 18.4 Å². The number of carbonyl (C=O) groups is 2. The summed E-state index contributed by atoms with van der Waals surface area (Å²) in [6.07, 6.45) is 2.74. The third kappa shape index (κ3) is 3.64. The van der Waals surface area contributed by atoms with Crippen LogP contribution in [0.2, 0.25) is 0 Å². The van der Waals surface area contributed by atoms with Crippen LogP contribution < -0.4 is 5.32 Å². The summed E-state index contributed by atoms with van der Waals surface area (Å²) in [6, 6.07) is 0. The van der Waals surface area contributed by atoms with Crippen molar-refractivity contribution in [3.8, 4) is 0 Å². The van der Waals surface area contributed by atoms with Crippen molar-refractivity contribution in [2.75, 3.05) is 18.4 Å². The zero-order valence-corrected chi connectivity index (χ0v) is 16.7. The number of rotatable bonds is 4. The fourth-order valence-electron chi connectivity index (χ4n) is 6.39. The summed E-state index contributed by atoms with van der Waals surface area (Å²) in [7, 11) is 0. The van der Waals surface area contributed by atoms with Crippen LogP contribution in [0.5, 0.6) is 0 Å². The summed E-state index contributed by atoms with van der Waals surface area (Å²) in [4.78, 5) is 25.0. The predicted octanol–water partition coefficient (Wildman–Crippen LogP) is 3.36. The van der Waals surface area contributed by atoms with Crippen molar-refractivity contribution in [3.63, 3.8) is 0 Å². The third-order valence-corrected chi connectivity index (χ3v) is 8.19. The number of carbonyl (C=O) groups excluding carboxylic acids is 2. The van der Waals surface area contributed by atoms with E-state index in [1.54, 1.807) is 0 Å². The molecule has 4 bridgehead atoms. The van der Waals surface area contributed by atoms with E-state index >= 15 is 0 Å². The number of hydrogen-bond acceptors (Lipinski definition) is 5. The Morgan fingerprint density at radius 3 is 2.34 bits per heavy atom. The number of amides is 2. The zero-order chi connectivity index (χ0) is 20.4. The van der Waals surface area contributed by atoms with Gasteiger partial charge in [0.15, 0.2) is 0 Å². The van der Waals surface area contributed by atoms with Crippen LogP contribution in [0.1, 0.15) is 50.0 Å². The van der Waals surface area contributed by atoms with Gasteiger partial charge in [-0.05, 0) is 56.3 Å². The topological polar surface area (TPSA) is 75.2 Å². The van der Waals surface area contributed by atoms with E-state index in [2.05, 4.69) is 15.5 Å². The van der Waals surface area contributed by atoms with Gasteiger partial charge in [0.2, 0.25) is 16.9 Å². The van der Waals surface area contributed by atoms with Crippen molar-refractivity contribution in [2.45, 2.75) is 56.5 Å². The molecule has 6 nitrogen and oxygen atoms in total. The van der Waals surface area contributed by atoms with E-state index in [4.69, 9.17) is 0 Å². The minimum atomic E-state index is -4.47. The molecule has 1 N–H and O–H groups in total. The fourth-order valence-corrected chi connectivity index (χ4v) is 7.35. The highest BCUT2D eigenvalue weighted by atomic mass is 32.1. The Morgan fingerprint density at radius 1 is 1.14 bits per heavy atom. The Kier molecular flexibility index (Phi) is 4.42. The average Bonchev–Trinajstić information content (AvgIpc) is 3.20. The first-order valence-electron chi connectivity index (χ1n) is 10.2. The molecule has 1 aromatic heterocycles. The molecular formula is C19H23F3N4O2S. The van der Waals surface area contributed by atoms with Crippen molar-refractivity contribution < 1.29 is 22.8 Å². The predicted molar refractivity (Wildman–Crippen MR) is 99.1 cm³/mol. The van der Waals surface area contributed by atoms with Gasteiger partial charge in [0.05, 0.1) is 5.92 Å². The van der Waals surface area contributed by atoms with Gasteiger partial charge in [-0.2, -0.15) is 13.2 Å². The average molecular weight is 428 g/mol. The smallest absolute Gasteiger partial charge is 0.333 e. The fraction of sp³-hybridized carbons (Fsp3) is 0.789. The quantitative estimate of drug-likeness (QED) is 0.798. The molecule has 2 heterocycles. The normalized spacial score (nSPS) is 36.1. The molecule has 1 aromatic rings. The van der Waals surface area contributed by atoms with E-state index in [0.717, 1.165) is 42.0 Å². The second-order valence-electron chi connectivity index (χ2n) is 9.39. The number of nitrogens with one attached hydrogen (secondary N) is 1. The molecule has 10 heteroatoms. The van der Waals surface area contributed by atoms with Gasteiger partial charge >= 0.3 is 6.18 Å². The number of halogens is 3. The highest BCUT2D eigenvalue weighted by molar-refractivity contribution is 7.15. The van der Waals surface area contributed by atoms with E-state index < -0.39 is 30.5 Å². The summed E-state index contributed by atoms with van der Waals surface area (Å²) in [5.41, 5.74) is 0.0855. The van der Waals surface area contributed by atoms with Gasteiger partial charge in [0.25, 0.3) is 0 Å². The van der Waals surface area contributed by atoms with Gasteiger partial charge in [-0.25, -0.2) is 0 Å². The van der Waals surface area contributed by atoms with Gasteiger partial charge < -0.3 is 10.2 Å². The lowest BCUT2D eigenvalue weighted by atomic mass is 9.50. The molecule has 5 fully saturated rings. The number of hydrogen-bond donors (Lipinski definition) is 1. The van der Waals surface area contributed by atoms with Gasteiger partial charge in [-0.15, -0.1) is 10.2 Å². The highest BCUT2D eigenvalue weighted by Gasteiger charge is 2.53. The van der Waals surface area contributed by atoms with E-state index in [1.165, 1.54) is 30.6 Å². The van der Waals surface area contributed by atoms with Crippen LogP contribution in [0, 0.1) is 23.7 Å². The molecule has 29 heavy (non-hydrogen) atoms. The van der Waals surface area contributed by atoms with Crippen LogP contribution in [-0.4, -0.2) is 46.2 Å². The maximum Gasteiger partial charge on any atom is 0.406 e. The van der Waals surface area contributed by atoms with Crippen LogP contribution in [-0.2, 0) is 15.0 Å².